The SMILES string of the molecule is CCCCCCC/C=C\C/C=C\C/C=C\CCCCCCCCCCCCCCCCCCCCCCCCCCCCC(=O)OC(COC(=O)CCCCCCCCCCCCCCCCCCCCCCCCCCCCC)COP(=O)(O)OCC[N+](C)(C)C. The fraction of sp³-hybridized carbons (Fsp3) is 0.902. The number of unbranched alkanes of at least 4 members (excludes halogenated alkanes) is 57. The van der Waals surface area contributed by atoms with Crippen LogP contribution in [0.1, 0.15) is 425 Å². The maximum absolute atomic E-state index is 12.9. The van der Waals surface area contributed by atoms with Crippen molar-refractivity contribution >= 4 is 19.8 Å². The van der Waals surface area contributed by atoms with Crippen molar-refractivity contribution in [3.8, 4) is 0 Å². The van der Waals surface area contributed by atoms with Gasteiger partial charge in [0, 0.05) is 12.8 Å². The van der Waals surface area contributed by atoms with Gasteiger partial charge in [0.05, 0.1) is 27.7 Å². The lowest BCUT2D eigenvalue weighted by molar-refractivity contribution is -0.870. The van der Waals surface area contributed by atoms with Crippen molar-refractivity contribution in [2.75, 3.05) is 47.5 Å². The van der Waals surface area contributed by atoms with E-state index in [1.165, 1.54) is 347 Å². The van der Waals surface area contributed by atoms with Crippen LogP contribution < -0.4 is 0 Å². The number of phosphoric acid groups is 1. The van der Waals surface area contributed by atoms with Crippen molar-refractivity contribution in [3.05, 3.63) is 36.5 Å². The van der Waals surface area contributed by atoms with Crippen LogP contribution in [0.3, 0.4) is 0 Å². The number of carbonyl (C=O) groups excluding carboxylic acids is 2. The average molecular weight is 1320 g/mol. The third-order valence-electron chi connectivity index (χ3n) is 18.7. The zero-order valence-corrected chi connectivity index (χ0v) is 63.2. The van der Waals surface area contributed by atoms with Gasteiger partial charge < -0.3 is 18.9 Å². The lowest BCUT2D eigenvalue weighted by Gasteiger charge is -2.24. The van der Waals surface area contributed by atoms with Crippen LogP contribution in [0.2, 0.25) is 0 Å². The van der Waals surface area contributed by atoms with Gasteiger partial charge in [0.15, 0.2) is 6.10 Å². The van der Waals surface area contributed by atoms with Crippen molar-refractivity contribution < 1.29 is 42.1 Å². The molecule has 0 saturated carbocycles. The topological polar surface area (TPSA) is 108 Å². The summed E-state index contributed by atoms with van der Waals surface area (Å²) in [5.74, 6) is -0.769. The molecule has 0 aliphatic carbocycles. The molecule has 0 saturated heterocycles. The summed E-state index contributed by atoms with van der Waals surface area (Å²) in [5.41, 5.74) is 0. The summed E-state index contributed by atoms with van der Waals surface area (Å²) in [6.07, 6.45) is 95.9. The maximum Gasteiger partial charge on any atom is 0.472 e. The lowest BCUT2D eigenvalue weighted by Crippen LogP contribution is -2.37. The largest absolute Gasteiger partial charge is 0.472 e. The fourth-order valence-electron chi connectivity index (χ4n) is 12.4. The molecule has 0 bridgehead atoms. The Labute approximate surface area is 573 Å². The van der Waals surface area contributed by atoms with Gasteiger partial charge in [-0.15, -0.1) is 0 Å². The minimum absolute atomic E-state index is 0.0360. The van der Waals surface area contributed by atoms with Crippen LogP contribution in [0, 0.1) is 0 Å². The van der Waals surface area contributed by atoms with E-state index in [-0.39, 0.29) is 25.6 Å². The van der Waals surface area contributed by atoms with Crippen LogP contribution in [0.25, 0.3) is 0 Å². The molecule has 0 aromatic heterocycles. The predicted octanol–water partition coefficient (Wildman–Crippen LogP) is 27.0. The van der Waals surface area contributed by atoms with E-state index < -0.39 is 26.5 Å². The van der Waals surface area contributed by atoms with Crippen LogP contribution in [-0.2, 0) is 32.7 Å². The molecular weight excluding hydrogens is 1160 g/mol. The Balaban J connectivity index is 3.87. The van der Waals surface area contributed by atoms with Crippen molar-refractivity contribution in [1.29, 1.82) is 0 Å². The van der Waals surface area contributed by atoms with Crippen molar-refractivity contribution in [2.45, 2.75) is 431 Å². The minimum atomic E-state index is -4.39. The fourth-order valence-corrected chi connectivity index (χ4v) is 13.2. The maximum atomic E-state index is 12.9. The first kappa shape index (κ1) is 90.2. The van der Waals surface area contributed by atoms with Gasteiger partial charge in [-0.25, -0.2) is 4.57 Å². The Hall–Kier alpha value is -1.77. The molecule has 0 heterocycles. The molecule has 0 aromatic rings. The van der Waals surface area contributed by atoms with E-state index >= 15 is 0 Å². The molecule has 2 unspecified atom stereocenters. The quantitative estimate of drug-likeness (QED) is 0.0211. The average Bonchev–Trinajstić information content (AvgIpc) is 2.23. The Morgan fingerprint density at radius 1 is 0.337 bits per heavy atom. The number of hydrogen-bond acceptors (Lipinski definition) is 7. The smallest absolute Gasteiger partial charge is 0.462 e. The van der Waals surface area contributed by atoms with Crippen molar-refractivity contribution in [1.82, 2.24) is 0 Å². The summed E-state index contributed by atoms with van der Waals surface area (Å²) < 4.78 is 34.8. The van der Waals surface area contributed by atoms with Crippen LogP contribution in [0.4, 0.5) is 0 Å². The number of allylic oxidation sites excluding steroid dienone is 6. The first-order valence-corrected chi connectivity index (χ1v) is 42.2. The normalized spacial score (nSPS) is 13.2. The highest BCUT2D eigenvalue weighted by Gasteiger charge is 2.27. The molecule has 2 atom stereocenters. The molecule has 0 aromatic carbocycles. The van der Waals surface area contributed by atoms with E-state index in [4.69, 9.17) is 18.5 Å². The number of ether oxygens (including phenoxy) is 2. The summed E-state index contributed by atoms with van der Waals surface area (Å²) in [4.78, 5) is 36.0. The molecule has 544 valence electrons. The van der Waals surface area contributed by atoms with Gasteiger partial charge >= 0.3 is 19.8 Å². The number of nitrogens with zero attached hydrogens (tertiary/aromatic N) is 1. The van der Waals surface area contributed by atoms with Gasteiger partial charge in [-0.2, -0.15) is 0 Å². The number of rotatable bonds is 77. The third kappa shape index (κ3) is 77.2. The summed E-state index contributed by atoms with van der Waals surface area (Å²) in [7, 11) is 1.51. The Morgan fingerprint density at radius 3 is 0.870 bits per heavy atom. The van der Waals surface area contributed by atoms with Crippen LogP contribution >= 0.6 is 7.82 Å². The Bertz CT molecular complexity index is 1640. The molecule has 0 fully saturated rings. The van der Waals surface area contributed by atoms with Gasteiger partial charge in [-0.1, -0.05) is 397 Å². The van der Waals surface area contributed by atoms with Gasteiger partial charge in [0.2, 0.25) is 0 Å². The van der Waals surface area contributed by atoms with Crippen molar-refractivity contribution in [2.24, 2.45) is 0 Å². The standard InChI is InChI=1S/C82H158NO8P/c1-6-8-10-12-14-16-18-20-22-24-26-28-30-32-34-35-36-37-38-39-40-41-42-43-44-45-46-47-49-51-53-55-57-59-61-63-65-67-69-71-73-75-82(85)91-80(79-90-92(86,87)89-77-76-83(3,4)5)78-88-81(84)74-72-70-68-66-64-62-60-58-56-54-52-50-48-33-31-29-27-25-23-21-19-17-15-13-11-9-7-2/h18,20,24,26,30,32,80H,6-17,19,21-23,25,27-29,31,33-79H2,1-5H3/p+1/b20-18-,26-24-,32-30-. The number of carbonyl (C=O) groups is 2. The van der Waals surface area contributed by atoms with Gasteiger partial charge in [0.25, 0.3) is 0 Å². The summed E-state index contributed by atoms with van der Waals surface area (Å²) in [5, 5.41) is 0. The predicted molar refractivity (Wildman–Crippen MR) is 400 cm³/mol. The number of esters is 2. The van der Waals surface area contributed by atoms with E-state index in [1.807, 2.05) is 21.1 Å². The van der Waals surface area contributed by atoms with Gasteiger partial charge in [0.1, 0.15) is 19.8 Å². The van der Waals surface area contributed by atoms with E-state index in [2.05, 4.69) is 50.3 Å². The minimum Gasteiger partial charge on any atom is -0.462 e. The highest BCUT2D eigenvalue weighted by atomic mass is 31.2. The molecule has 92 heavy (non-hydrogen) atoms. The van der Waals surface area contributed by atoms with E-state index in [0.29, 0.717) is 17.4 Å². The molecule has 9 nitrogen and oxygen atoms in total. The summed E-state index contributed by atoms with van der Waals surface area (Å²) >= 11 is 0. The molecule has 10 heteroatoms. The number of likely N-dealkylation sites (N-methyl/N-ethyl adjacent to an activating group) is 1. The zero-order chi connectivity index (χ0) is 66.9. The molecule has 0 aliphatic heterocycles. The number of quaternary nitrogens is 1. The molecule has 0 spiro atoms. The second kappa shape index (κ2) is 73.5. The van der Waals surface area contributed by atoms with E-state index in [9.17, 15) is 19.0 Å². The summed E-state index contributed by atoms with van der Waals surface area (Å²) in [6, 6.07) is 0. The van der Waals surface area contributed by atoms with Gasteiger partial charge in [-0.05, 0) is 51.4 Å². The molecule has 1 N–H and O–H groups in total. The van der Waals surface area contributed by atoms with Crippen LogP contribution in [-0.4, -0.2) is 74.9 Å². The highest BCUT2D eigenvalue weighted by Crippen LogP contribution is 2.43. The lowest BCUT2D eigenvalue weighted by atomic mass is 10.0. The first-order valence-electron chi connectivity index (χ1n) is 40.7. The number of phosphoric ester groups is 1. The Kier molecular flexibility index (Phi) is 72.1. The first-order chi connectivity index (χ1) is 45.0. The second-order valence-electron chi connectivity index (χ2n) is 29.2. The van der Waals surface area contributed by atoms with Crippen LogP contribution in [0.15, 0.2) is 36.5 Å². The molecule has 0 radical (unpaired) electrons. The Morgan fingerprint density at radius 2 is 0.587 bits per heavy atom. The highest BCUT2D eigenvalue weighted by molar-refractivity contribution is 7.47. The van der Waals surface area contributed by atoms with Crippen LogP contribution in [0.5, 0.6) is 0 Å². The monoisotopic (exact) mass is 1320 g/mol. The molecule has 0 aliphatic rings. The summed E-state index contributed by atoms with van der Waals surface area (Å²) in [6.45, 7) is 4.51. The van der Waals surface area contributed by atoms with Gasteiger partial charge in [-0.3, -0.25) is 18.6 Å². The second-order valence-corrected chi connectivity index (χ2v) is 30.6. The molecule has 0 rings (SSSR count). The van der Waals surface area contributed by atoms with Crippen molar-refractivity contribution in [3.63, 3.8) is 0 Å². The zero-order valence-electron chi connectivity index (χ0n) is 62.3. The van der Waals surface area contributed by atoms with E-state index in [1.54, 1.807) is 0 Å². The number of hydrogen-bond donors (Lipinski definition) is 1. The molecule has 0 amide bonds. The molecular formula is C82H159NO8P+. The van der Waals surface area contributed by atoms with E-state index in [0.717, 1.165) is 51.4 Å². The third-order valence-corrected chi connectivity index (χ3v) is 19.7.